The maximum atomic E-state index is 9.23. The molecule has 1 heterocycles. The van der Waals surface area contributed by atoms with Crippen molar-refractivity contribution in [1.29, 1.82) is 0 Å². The highest BCUT2D eigenvalue weighted by Gasteiger charge is 2.09. The predicted octanol–water partition coefficient (Wildman–Crippen LogP) is 3.21. The maximum Gasteiger partial charge on any atom is 0.194 e. The van der Waals surface area contributed by atoms with Crippen LogP contribution in [0.2, 0.25) is 0 Å². The van der Waals surface area contributed by atoms with Gasteiger partial charge in [0.25, 0.3) is 0 Å². The van der Waals surface area contributed by atoms with Crippen molar-refractivity contribution in [2.24, 2.45) is 0 Å². The molecule has 3 heteroatoms. The minimum atomic E-state index is 0.0976. The summed E-state index contributed by atoms with van der Waals surface area (Å²) in [5.74, 6) is 0.795. The summed E-state index contributed by atoms with van der Waals surface area (Å²) in [6.07, 6.45) is 0. The molecule has 2 aromatic carbocycles. The summed E-state index contributed by atoms with van der Waals surface area (Å²) in [5, 5.41) is 10.4. The molecule has 3 aromatic rings. The summed E-state index contributed by atoms with van der Waals surface area (Å²) in [6.45, 7) is 1.17. The van der Waals surface area contributed by atoms with Crippen LogP contribution < -0.4 is 4.74 Å². The Balaban J connectivity index is 1.88. The fourth-order valence-electron chi connectivity index (χ4n) is 2.37. The highest BCUT2D eigenvalue weighted by atomic mass is 16.5. The maximum absolute atomic E-state index is 9.23. The first kappa shape index (κ1) is 12.8. The third-order valence-electron chi connectivity index (χ3n) is 3.33. The number of hydrogen-bond donors (Lipinski definition) is 1. The number of fused-ring (bicyclic) bond motifs is 1. The zero-order chi connectivity index (χ0) is 13.8. The van der Waals surface area contributed by atoms with Gasteiger partial charge in [-0.25, -0.2) is 0 Å². The number of aromatic nitrogens is 1. The molecule has 0 radical (unpaired) electrons. The number of para-hydroxylation sites is 1. The SMILES string of the molecule is OCCn1c(OCc2ccccc2)cc2ccccc21. The van der Waals surface area contributed by atoms with Crippen LogP contribution in [0.3, 0.4) is 0 Å². The fraction of sp³-hybridized carbons (Fsp3) is 0.176. The summed E-state index contributed by atoms with van der Waals surface area (Å²) in [5.41, 5.74) is 2.22. The Labute approximate surface area is 118 Å². The van der Waals surface area contributed by atoms with Gasteiger partial charge in [0.1, 0.15) is 6.61 Å². The standard InChI is InChI=1S/C17H17NO2/c19-11-10-18-16-9-5-4-8-15(16)12-17(18)20-13-14-6-2-1-3-7-14/h1-9,12,19H,10-11,13H2. The van der Waals surface area contributed by atoms with Gasteiger partial charge < -0.3 is 14.4 Å². The van der Waals surface area contributed by atoms with Gasteiger partial charge in [-0.15, -0.1) is 0 Å². The van der Waals surface area contributed by atoms with Gasteiger partial charge in [0.15, 0.2) is 5.88 Å². The van der Waals surface area contributed by atoms with Gasteiger partial charge in [-0.2, -0.15) is 0 Å². The lowest BCUT2D eigenvalue weighted by Crippen LogP contribution is -2.06. The molecule has 0 aliphatic heterocycles. The Hall–Kier alpha value is -2.26. The molecule has 0 aliphatic carbocycles. The molecule has 1 N–H and O–H groups in total. The minimum absolute atomic E-state index is 0.0976. The summed E-state index contributed by atoms with van der Waals surface area (Å²) in [4.78, 5) is 0. The van der Waals surface area contributed by atoms with Gasteiger partial charge >= 0.3 is 0 Å². The van der Waals surface area contributed by atoms with Gasteiger partial charge in [0.05, 0.1) is 12.1 Å². The number of aliphatic hydroxyl groups excluding tert-OH is 1. The van der Waals surface area contributed by atoms with E-state index in [-0.39, 0.29) is 6.61 Å². The largest absolute Gasteiger partial charge is 0.474 e. The summed E-state index contributed by atoms with van der Waals surface area (Å²) in [7, 11) is 0. The number of hydrogen-bond acceptors (Lipinski definition) is 2. The zero-order valence-corrected chi connectivity index (χ0v) is 11.2. The number of rotatable bonds is 5. The quantitative estimate of drug-likeness (QED) is 0.770. The minimum Gasteiger partial charge on any atom is -0.474 e. The van der Waals surface area contributed by atoms with Gasteiger partial charge in [-0.05, 0) is 11.6 Å². The van der Waals surface area contributed by atoms with E-state index in [1.54, 1.807) is 0 Å². The average Bonchev–Trinajstić information content (AvgIpc) is 2.85. The average molecular weight is 267 g/mol. The second-order valence-electron chi connectivity index (χ2n) is 4.69. The highest BCUT2D eigenvalue weighted by molar-refractivity contribution is 5.82. The van der Waals surface area contributed by atoms with E-state index in [0.29, 0.717) is 13.2 Å². The third kappa shape index (κ3) is 2.53. The van der Waals surface area contributed by atoms with E-state index in [1.807, 2.05) is 59.2 Å². The number of aliphatic hydroxyl groups is 1. The molecule has 20 heavy (non-hydrogen) atoms. The lowest BCUT2D eigenvalue weighted by molar-refractivity contribution is 0.247. The molecule has 0 amide bonds. The molecule has 0 saturated heterocycles. The van der Waals surface area contributed by atoms with Crippen LogP contribution in [0.5, 0.6) is 5.88 Å². The normalized spacial score (nSPS) is 10.8. The highest BCUT2D eigenvalue weighted by Crippen LogP contribution is 2.26. The topological polar surface area (TPSA) is 34.4 Å². The number of ether oxygens (including phenoxy) is 1. The Morgan fingerprint density at radius 3 is 2.50 bits per heavy atom. The second kappa shape index (κ2) is 5.80. The summed E-state index contributed by atoms with van der Waals surface area (Å²) < 4.78 is 7.92. The smallest absolute Gasteiger partial charge is 0.194 e. The number of benzene rings is 2. The van der Waals surface area contributed by atoms with Gasteiger partial charge in [-0.1, -0.05) is 48.5 Å². The number of nitrogens with zero attached hydrogens (tertiary/aromatic N) is 1. The van der Waals surface area contributed by atoms with E-state index in [1.165, 1.54) is 0 Å². The van der Waals surface area contributed by atoms with Crippen molar-refractivity contribution < 1.29 is 9.84 Å². The molecule has 0 aliphatic rings. The molecule has 0 fully saturated rings. The monoisotopic (exact) mass is 267 g/mol. The Morgan fingerprint density at radius 1 is 0.950 bits per heavy atom. The van der Waals surface area contributed by atoms with E-state index in [2.05, 4.69) is 6.07 Å². The molecule has 102 valence electrons. The van der Waals surface area contributed by atoms with Crippen molar-refractivity contribution >= 4 is 10.9 Å². The van der Waals surface area contributed by atoms with Crippen LogP contribution in [0.1, 0.15) is 5.56 Å². The first-order valence-electron chi connectivity index (χ1n) is 6.74. The molecular formula is C17H17NO2. The molecule has 0 spiro atoms. The van der Waals surface area contributed by atoms with E-state index in [0.717, 1.165) is 22.3 Å². The molecule has 1 aromatic heterocycles. The van der Waals surface area contributed by atoms with E-state index in [9.17, 15) is 5.11 Å². The Bertz CT molecular complexity index is 689. The van der Waals surface area contributed by atoms with Crippen LogP contribution in [0.15, 0.2) is 60.7 Å². The third-order valence-corrected chi connectivity index (χ3v) is 3.33. The second-order valence-corrected chi connectivity index (χ2v) is 4.69. The van der Waals surface area contributed by atoms with Gasteiger partial charge in [-0.3, -0.25) is 0 Å². The first-order valence-corrected chi connectivity index (χ1v) is 6.74. The lowest BCUT2D eigenvalue weighted by atomic mass is 10.2. The molecule has 0 bridgehead atoms. The van der Waals surface area contributed by atoms with Crippen LogP contribution >= 0.6 is 0 Å². The van der Waals surface area contributed by atoms with Crippen LogP contribution in [-0.2, 0) is 13.2 Å². The van der Waals surface area contributed by atoms with Crippen molar-refractivity contribution in [2.45, 2.75) is 13.2 Å². The predicted molar refractivity (Wildman–Crippen MR) is 79.8 cm³/mol. The first-order chi connectivity index (χ1) is 9.88. The Kier molecular flexibility index (Phi) is 3.70. The molecule has 3 rings (SSSR count). The fourth-order valence-corrected chi connectivity index (χ4v) is 2.37. The van der Waals surface area contributed by atoms with Crippen molar-refractivity contribution in [1.82, 2.24) is 4.57 Å². The molecular weight excluding hydrogens is 250 g/mol. The van der Waals surface area contributed by atoms with Crippen LogP contribution in [-0.4, -0.2) is 16.3 Å². The van der Waals surface area contributed by atoms with Crippen molar-refractivity contribution in [2.75, 3.05) is 6.61 Å². The van der Waals surface area contributed by atoms with Crippen molar-refractivity contribution in [3.8, 4) is 5.88 Å². The zero-order valence-electron chi connectivity index (χ0n) is 11.2. The van der Waals surface area contributed by atoms with Crippen molar-refractivity contribution in [3.63, 3.8) is 0 Å². The molecule has 3 nitrogen and oxygen atoms in total. The van der Waals surface area contributed by atoms with E-state index in [4.69, 9.17) is 4.74 Å². The molecule has 0 saturated carbocycles. The van der Waals surface area contributed by atoms with Gasteiger partial charge in [0.2, 0.25) is 0 Å². The van der Waals surface area contributed by atoms with E-state index < -0.39 is 0 Å². The summed E-state index contributed by atoms with van der Waals surface area (Å²) in [6, 6.07) is 20.2. The molecule has 0 unspecified atom stereocenters. The van der Waals surface area contributed by atoms with Crippen molar-refractivity contribution in [3.05, 3.63) is 66.2 Å². The molecule has 0 atom stereocenters. The Morgan fingerprint density at radius 2 is 1.70 bits per heavy atom. The van der Waals surface area contributed by atoms with Crippen LogP contribution in [0.25, 0.3) is 10.9 Å². The van der Waals surface area contributed by atoms with Crippen LogP contribution in [0, 0.1) is 0 Å². The van der Waals surface area contributed by atoms with E-state index >= 15 is 0 Å². The van der Waals surface area contributed by atoms with Gasteiger partial charge in [0, 0.05) is 18.0 Å². The van der Waals surface area contributed by atoms with Crippen LogP contribution in [0.4, 0.5) is 0 Å². The lowest BCUT2D eigenvalue weighted by Gasteiger charge is -2.10. The summed E-state index contributed by atoms with van der Waals surface area (Å²) >= 11 is 0.